The smallest absolute Gasteiger partial charge is 0.373 e. The summed E-state index contributed by atoms with van der Waals surface area (Å²) in [6.45, 7) is 1.93. The first kappa shape index (κ1) is 8.96. The van der Waals surface area contributed by atoms with Crippen molar-refractivity contribution in [3.63, 3.8) is 0 Å². The minimum Gasteiger partial charge on any atom is -0.475 e. The van der Waals surface area contributed by atoms with Gasteiger partial charge in [0, 0.05) is 5.38 Å². The number of aromatic carboxylic acids is 1. The van der Waals surface area contributed by atoms with Crippen LogP contribution < -0.4 is 0 Å². The van der Waals surface area contributed by atoms with Gasteiger partial charge in [-0.2, -0.15) is 11.3 Å². The van der Waals surface area contributed by atoms with E-state index in [4.69, 9.17) is 9.52 Å². The van der Waals surface area contributed by atoms with Crippen molar-refractivity contribution in [1.82, 2.24) is 4.98 Å². The standard InChI is InChI=1S/C9H7NO3S/c1-5-3-14-4-6(5)8-10-2-7(13-8)9(11)12/h2-4H,1H3,(H,11,12). The first-order chi connectivity index (χ1) is 6.68. The SMILES string of the molecule is Cc1cscc1-c1ncc(C(=O)O)o1. The Kier molecular flexibility index (Phi) is 2.09. The summed E-state index contributed by atoms with van der Waals surface area (Å²) >= 11 is 1.53. The molecule has 5 heteroatoms. The second-order valence-corrected chi connectivity index (χ2v) is 3.55. The van der Waals surface area contributed by atoms with Crippen LogP contribution in [0, 0.1) is 6.92 Å². The van der Waals surface area contributed by atoms with Crippen molar-refractivity contribution in [2.24, 2.45) is 0 Å². The minimum absolute atomic E-state index is 0.134. The molecule has 0 aromatic carbocycles. The van der Waals surface area contributed by atoms with Gasteiger partial charge in [0.1, 0.15) is 0 Å². The lowest BCUT2D eigenvalue weighted by atomic mass is 10.2. The lowest BCUT2D eigenvalue weighted by molar-refractivity contribution is 0.0663. The summed E-state index contributed by atoms with van der Waals surface area (Å²) in [7, 11) is 0. The van der Waals surface area contributed by atoms with Gasteiger partial charge < -0.3 is 9.52 Å². The monoisotopic (exact) mass is 209 g/mol. The molecule has 0 aliphatic carbocycles. The van der Waals surface area contributed by atoms with E-state index in [9.17, 15) is 4.79 Å². The topological polar surface area (TPSA) is 63.3 Å². The first-order valence-electron chi connectivity index (χ1n) is 3.91. The van der Waals surface area contributed by atoms with Crippen LogP contribution in [0.25, 0.3) is 11.5 Å². The summed E-state index contributed by atoms with van der Waals surface area (Å²) in [4.78, 5) is 14.4. The summed E-state index contributed by atoms with van der Waals surface area (Å²) in [5.74, 6) is -0.872. The summed E-state index contributed by atoms with van der Waals surface area (Å²) in [5, 5.41) is 12.5. The van der Waals surface area contributed by atoms with Crippen LogP contribution in [0.4, 0.5) is 0 Å². The zero-order valence-electron chi connectivity index (χ0n) is 7.35. The van der Waals surface area contributed by atoms with E-state index >= 15 is 0 Å². The van der Waals surface area contributed by atoms with Gasteiger partial charge in [-0.3, -0.25) is 0 Å². The highest BCUT2D eigenvalue weighted by atomic mass is 32.1. The number of rotatable bonds is 2. The van der Waals surface area contributed by atoms with E-state index in [2.05, 4.69) is 4.98 Å². The van der Waals surface area contributed by atoms with Crippen LogP contribution >= 0.6 is 11.3 Å². The molecule has 2 aromatic rings. The number of nitrogens with zero attached hydrogens (tertiary/aromatic N) is 1. The van der Waals surface area contributed by atoms with E-state index in [1.54, 1.807) is 0 Å². The Morgan fingerprint density at radius 1 is 1.57 bits per heavy atom. The maximum absolute atomic E-state index is 10.5. The molecular weight excluding hydrogens is 202 g/mol. The van der Waals surface area contributed by atoms with Crippen LogP contribution in [-0.4, -0.2) is 16.1 Å². The fraction of sp³-hybridized carbons (Fsp3) is 0.111. The van der Waals surface area contributed by atoms with E-state index in [-0.39, 0.29) is 5.76 Å². The highest BCUT2D eigenvalue weighted by Crippen LogP contribution is 2.26. The summed E-state index contributed by atoms with van der Waals surface area (Å²) in [6.07, 6.45) is 1.22. The van der Waals surface area contributed by atoms with E-state index < -0.39 is 5.97 Å². The molecule has 2 heterocycles. The number of aryl methyl sites for hydroxylation is 1. The van der Waals surface area contributed by atoms with Crippen molar-refractivity contribution < 1.29 is 14.3 Å². The van der Waals surface area contributed by atoms with Crippen molar-refractivity contribution in [1.29, 1.82) is 0 Å². The number of aromatic nitrogens is 1. The molecule has 0 radical (unpaired) electrons. The van der Waals surface area contributed by atoms with E-state index in [0.29, 0.717) is 5.89 Å². The van der Waals surface area contributed by atoms with Gasteiger partial charge in [0.2, 0.25) is 11.7 Å². The molecule has 0 spiro atoms. The lowest BCUT2D eigenvalue weighted by Crippen LogP contribution is -1.91. The Morgan fingerprint density at radius 3 is 2.86 bits per heavy atom. The predicted molar refractivity (Wildman–Crippen MR) is 51.5 cm³/mol. The third-order valence-electron chi connectivity index (χ3n) is 1.80. The molecule has 14 heavy (non-hydrogen) atoms. The van der Waals surface area contributed by atoms with Crippen LogP contribution in [0.15, 0.2) is 21.4 Å². The zero-order chi connectivity index (χ0) is 10.1. The number of hydrogen-bond acceptors (Lipinski definition) is 4. The fourth-order valence-corrected chi connectivity index (χ4v) is 1.90. The summed E-state index contributed by atoms with van der Waals surface area (Å²) in [5.41, 5.74) is 1.89. The van der Waals surface area contributed by atoms with Crippen molar-refractivity contribution in [2.75, 3.05) is 0 Å². The van der Waals surface area contributed by atoms with Gasteiger partial charge in [-0.15, -0.1) is 0 Å². The number of carboxylic acids is 1. The maximum Gasteiger partial charge on any atom is 0.373 e. The molecule has 0 atom stereocenters. The number of oxazole rings is 1. The maximum atomic E-state index is 10.5. The number of carboxylic acid groups (broad SMARTS) is 1. The molecule has 0 saturated carbocycles. The molecule has 0 bridgehead atoms. The average molecular weight is 209 g/mol. The van der Waals surface area contributed by atoms with Crippen molar-refractivity contribution in [3.8, 4) is 11.5 Å². The van der Waals surface area contributed by atoms with Gasteiger partial charge in [0.05, 0.1) is 11.8 Å². The normalized spacial score (nSPS) is 10.4. The molecule has 0 fully saturated rings. The molecule has 0 aliphatic heterocycles. The third kappa shape index (κ3) is 1.42. The third-order valence-corrected chi connectivity index (χ3v) is 2.66. The van der Waals surface area contributed by atoms with Crippen LogP contribution in [0.1, 0.15) is 16.1 Å². The molecule has 2 aromatic heterocycles. The summed E-state index contributed by atoms with van der Waals surface area (Å²) < 4.78 is 5.07. The molecule has 0 unspecified atom stereocenters. The second kappa shape index (κ2) is 3.26. The Labute approximate surface area is 83.8 Å². The van der Waals surface area contributed by atoms with Gasteiger partial charge in [-0.1, -0.05) is 0 Å². The predicted octanol–water partition coefficient (Wildman–Crippen LogP) is 2.41. The molecule has 2 rings (SSSR count). The molecular formula is C9H7NO3S. The van der Waals surface area contributed by atoms with Crippen LogP contribution in [0.5, 0.6) is 0 Å². The van der Waals surface area contributed by atoms with Gasteiger partial charge in [0.25, 0.3) is 0 Å². The van der Waals surface area contributed by atoms with Crippen LogP contribution in [0.3, 0.4) is 0 Å². The summed E-state index contributed by atoms with van der Waals surface area (Å²) in [6, 6.07) is 0. The Hall–Kier alpha value is -1.62. The van der Waals surface area contributed by atoms with Crippen molar-refractivity contribution >= 4 is 17.3 Å². The second-order valence-electron chi connectivity index (χ2n) is 2.80. The first-order valence-corrected chi connectivity index (χ1v) is 4.85. The molecule has 0 aliphatic rings. The Bertz CT molecular complexity index is 472. The average Bonchev–Trinajstić information content (AvgIpc) is 2.71. The number of carbonyl (C=O) groups is 1. The largest absolute Gasteiger partial charge is 0.475 e. The van der Waals surface area contributed by atoms with Gasteiger partial charge in [-0.05, 0) is 17.9 Å². The van der Waals surface area contributed by atoms with E-state index in [0.717, 1.165) is 11.1 Å². The fourth-order valence-electron chi connectivity index (χ4n) is 1.08. The Balaban J connectivity index is 2.43. The van der Waals surface area contributed by atoms with Gasteiger partial charge in [-0.25, -0.2) is 9.78 Å². The molecule has 0 saturated heterocycles. The number of hydrogen-bond donors (Lipinski definition) is 1. The molecule has 0 amide bonds. The minimum atomic E-state index is -1.10. The lowest BCUT2D eigenvalue weighted by Gasteiger charge is -1.91. The van der Waals surface area contributed by atoms with Gasteiger partial charge >= 0.3 is 5.97 Å². The number of thiophene rings is 1. The van der Waals surface area contributed by atoms with Crippen LogP contribution in [-0.2, 0) is 0 Å². The van der Waals surface area contributed by atoms with Crippen molar-refractivity contribution in [2.45, 2.75) is 6.92 Å². The highest BCUT2D eigenvalue weighted by Gasteiger charge is 2.13. The molecule has 1 N–H and O–H groups in total. The van der Waals surface area contributed by atoms with E-state index in [1.165, 1.54) is 17.5 Å². The Morgan fingerprint density at radius 2 is 2.36 bits per heavy atom. The molecule has 72 valence electrons. The quantitative estimate of drug-likeness (QED) is 0.824. The zero-order valence-corrected chi connectivity index (χ0v) is 8.17. The van der Waals surface area contributed by atoms with Crippen LogP contribution in [0.2, 0.25) is 0 Å². The van der Waals surface area contributed by atoms with Gasteiger partial charge in [0.15, 0.2) is 0 Å². The van der Waals surface area contributed by atoms with E-state index in [1.807, 2.05) is 17.7 Å². The highest BCUT2D eigenvalue weighted by molar-refractivity contribution is 7.08. The molecule has 4 nitrogen and oxygen atoms in total. The van der Waals surface area contributed by atoms with Crippen molar-refractivity contribution in [3.05, 3.63) is 28.3 Å².